The first-order valence-electron chi connectivity index (χ1n) is 6.89. The molecule has 2 rings (SSSR count). The normalized spacial score (nSPS) is 12.6. The minimum Gasteiger partial charge on any atom is -0.449 e. The Bertz CT molecular complexity index is 652. The van der Waals surface area contributed by atoms with E-state index in [4.69, 9.17) is 39.5 Å². The van der Waals surface area contributed by atoms with Crippen LogP contribution < -0.4 is 4.90 Å². The third-order valence-corrected chi connectivity index (χ3v) is 3.84. The van der Waals surface area contributed by atoms with Crippen LogP contribution in [0.25, 0.3) is 0 Å². The van der Waals surface area contributed by atoms with Crippen molar-refractivity contribution < 1.29 is 9.53 Å². The summed E-state index contributed by atoms with van der Waals surface area (Å²) in [6.45, 7) is 0. The minimum atomic E-state index is -1.76. The number of nitrogens with zero attached hydrogens (tertiary/aromatic N) is 1. The minimum absolute atomic E-state index is 0.394. The molecule has 0 aliphatic rings. The highest BCUT2D eigenvalue weighted by Gasteiger charge is 2.37. The van der Waals surface area contributed by atoms with Gasteiger partial charge in [-0.25, -0.2) is 4.79 Å². The third kappa shape index (κ3) is 4.77. The second-order valence-corrected chi connectivity index (χ2v) is 7.55. The number of anilines is 1. The highest BCUT2D eigenvalue weighted by Crippen LogP contribution is 2.42. The zero-order valence-electron chi connectivity index (χ0n) is 12.7. The maximum absolute atomic E-state index is 12.3. The van der Waals surface area contributed by atoms with E-state index in [9.17, 15) is 4.79 Å². The summed E-state index contributed by atoms with van der Waals surface area (Å²) in [5, 5.41) is 0. The number of hydrogen-bond acceptors (Lipinski definition) is 3. The lowest BCUT2D eigenvalue weighted by atomic mass is 10.1. The van der Waals surface area contributed by atoms with E-state index in [1.807, 2.05) is 37.2 Å². The van der Waals surface area contributed by atoms with Crippen molar-refractivity contribution in [3.05, 3.63) is 65.7 Å². The molecule has 3 nitrogen and oxygen atoms in total. The molecule has 0 aliphatic heterocycles. The molecule has 1 unspecified atom stereocenters. The van der Waals surface area contributed by atoms with Crippen LogP contribution in [0.5, 0.6) is 0 Å². The van der Waals surface area contributed by atoms with E-state index in [-0.39, 0.29) is 0 Å². The summed E-state index contributed by atoms with van der Waals surface area (Å²) in [5.74, 6) is -0.546. The van der Waals surface area contributed by atoms with Gasteiger partial charge >= 0.3 is 5.97 Å². The number of hydrogen-bond donors (Lipinski definition) is 0. The molecule has 0 aromatic heterocycles. The highest BCUT2D eigenvalue weighted by atomic mass is 35.6. The van der Waals surface area contributed by atoms with E-state index in [1.54, 1.807) is 36.4 Å². The van der Waals surface area contributed by atoms with E-state index in [0.717, 1.165) is 5.69 Å². The van der Waals surface area contributed by atoms with Crippen LogP contribution in [0.15, 0.2) is 54.6 Å². The molecule has 0 spiro atoms. The van der Waals surface area contributed by atoms with Crippen LogP contribution >= 0.6 is 34.8 Å². The van der Waals surface area contributed by atoms with E-state index >= 15 is 0 Å². The smallest absolute Gasteiger partial charge is 0.338 e. The van der Waals surface area contributed by atoms with Crippen LogP contribution in [0.3, 0.4) is 0 Å². The Balaban J connectivity index is 2.21. The molecule has 0 radical (unpaired) electrons. The van der Waals surface area contributed by atoms with Crippen molar-refractivity contribution in [3.63, 3.8) is 0 Å². The van der Waals surface area contributed by atoms with Crippen LogP contribution in [0.2, 0.25) is 0 Å². The van der Waals surface area contributed by atoms with Crippen molar-refractivity contribution in [2.75, 3.05) is 19.0 Å². The lowest BCUT2D eigenvalue weighted by Gasteiger charge is -2.25. The van der Waals surface area contributed by atoms with Gasteiger partial charge in [0.05, 0.1) is 5.56 Å². The largest absolute Gasteiger partial charge is 0.449 e. The lowest BCUT2D eigenvalue weighted by Crippen LogP contribution is -2.23. The van der Waals surface area contributed by atoms with E-state index < -0.39 is 15.9 Å². The molecule has 1 atom stereocenters. The maximum atomic E-state index is 12.3. The standard InChI is InChI=1S/C17H16Cl3NO2/c1-21(2)14-10-8-13(9-11-14)16(22)23-15(17(18,19)20)12-6-4-3-5-7-12/h3-11,15H,1-2H3. The average Bonchev–Trinajstić information content (AvgIpc) is 2.52. The Kier molecular flexibility index (Phi) is 5.79. The van der Waals surface area contributed by atoms with Gasteiger partial charge in [-0.1, -0.05) is 65.1 Å². The molecule has 6 heteroatoms. The molecule has 0 aliphatic carbocycles. The quantitative estimate of drug-likeness (QED) is 0.557. The molecule has 2 aromatic carbocycles. The number of rotatable bonds is 4. The fourth-order valence-electron chi connectivity index (χ4n) is 2.02. The highest BCUT2D eigenvalue weighted by molar-refractivity contribution is 6.68. The molecule has 0 saturated carbocycles. The SMILES string of the molecule is CN(C)c1ccc(C(=O)OC(c2ccccc2)C(Cl)(Cl)Cl)cc1. The van der Waals surface area contributed by atoms with Gasteiger partial charge in [0.15, 0.2) is 6.10 Å². The van der Waals surface area contributed by atoms with E-state index in [1.165, 1.54) is 0 Å². The average molecular weight is 373 g/mol. The zero-order chi connectivity index (χ0) is 17.0. The Labute approximate surface area is 150 Å². The summed E-state index contributed by atoms with van der Waals surface area (Å²) in [6, 6.07) is 15.9. The number of benzene rings is 2. The van der Waals surface area contributed by atoms with Crippen LogP contribution in [-0.2, 0) is 4.74 Å². The number of esters is 1. The molecule has 122 valence electrons. The van der Waals surface area contributed by atoms with Gasteiger partial charge in [0.2, 0.25) is 3.79 Å². The molecular formula is C17H16Cl3NO2. The number of carbonyl (C=O) groups excluding carboxylic acids is 1. The summed E-state index contributed by atoms with van der Waals surface area (Å²) in [7, 11) is 3.84. The van der Waals surface area contributed by atoms with Gasteiger partial charge in [0.25, 0.3) is 0 Å². The summed E-state index contributed by atoms with van der Waals surface area (Å²) >= 11 is 17.9. The molecule has 0 saturated heterocycles. The van der Waals surface area contributed by atoms with Gasteiger partial charge in [-0.2, -0.15) is 0 Å². The Morgan fingerprint density at radius 3 is 2.04 bits per heavy atom. The van der Waals surface area contributed by atoms with Gasteiger partial charge in [-0.05, 0) is 29.8 Å². The molecule has 0 amide bonds. The molecule has 2 aromatic rings. The second kappa shape index (κ2) is 7.43. The van der Waals surface area contributed by atoms with E-state index in [0.29, 0.717) is 11.1 Å². The molecule has 23 heavy (non-hydrogen) atoms. The van der Waals surface area contributed by atoms with E-state index in [2.05, 4.69) is 0 Å². The van der Waals surface area contributed by atoms with Crippen LogP contribution in [-0.4, -0.2) is 23.9 Å². The molecule has 0 heterocycles. The Morgan fingerprint density at radius 2 is 1.57 bits per heavy atom. The first kappa shape index (κ1) is 17.9. The lowest BCUT2D eigenvalue weighted by molar-refractivity contribution is 0.0304. The van der Waals surface area contributed by atoms with Gasteiger partial charge in [-0.3, -0.25) is 0 Å². The van der Waals surface area contributed by atoms with Crippen LogP contribution in [0.1, 0.15) is 22.0 Å². The Morgan fingerprint density at radius 1 is 1.00 bits per heavy atom. The van der Waals surface area contributed by atoms with Gasteiger partial charge < -0.3 is 9.64 Å². The van der Waals surface area contributed by atoms with Gasteiger partial charge in [-0.15, -0.1) is 0 Å². The first-order valence-corrected chi connectivity index (χ1v) is 8.02. The maximum Gasteiger partial charge on any atom is 0.338 e. The predicted molar refractivity (Wildman–Crippen MR) is 95.7 cm³/mol. The summed E-state index contributed by atoms with van der Waals surface area (Å²) in [4.78, 5) is 14.3. The van der Waals surface area contributed by atoms with Crippen molar-refractivity contribution in [1.82, 2.24) is 0 Å². The number of ether oxygens (including phenoxy) is 1. The fraction of sp³-hybridized carbons (Fsp3) is 0.235. The number of alkyl halides is 3. The molecule has 0 bridgehead atoms. The van der Waals surface area contributed by atoms with Gasteiger partial charge in [0, 0.05) is 19.8 Å². The summed E-state index contributed by atoms with van der Waals surface area (Å²) in [6.07, 6.45) is -0.991. The number of halogens is 3. The second-order valence-electron chi connectivity index (χ2n) is 5.18. The summed E-state index contributed by atoms with van der Waals surface area (Å²) < 4.78 is 3.68. The molecule has 0 fully saturated rings. The first-order chi connectivity index (χ1) is 10.8. The van der Waals surface area contributed by atoms with Gasteiger partial charge in [0.1, 0.15) is 0 Å². The van der Waals surface area contributed by atoms with Crippen LogP contribution in [0, 0.1) is 0 Å². The third-order valence-electron chi connectivity index (χ3n) is 3.24. The van der Waals surface area contributed by atoms with Crippen molar-refractivity contribution in [2.45, 2.75) is 9.90 Å². The monoisotopic (exact) mass is 371 g/mol. The Hall–Kier alpha value is -1.42. The summed E-state index contributed by atoms with van der Waals surface area (Å²) in [5.41, 5.74) is 1.99. The van der Waals surface area contributed by atoms with Crippen molar-refractivity contribution >= 4 is 46.5 Å². The topological polar surface area (TPSA) is 29.5 Å². The predicted octanol–water partition coefficient (Wildman–Crippen LogP) is 5.02. The number of carbonyl (C=O) groups is 1. The zero-order valence-corrected chi connectivity index (χ0v) is 14.9. The molecular weight excluding hydrogens is 357 g/mol. The van der Waals surface area contributed by atoms with Crippen molar-refractivity contribution in [1.29, 1.82) is 0 Å². The van der Waals surface area contributed by atoms with Crippen molar-refractivity contribution in [3.8, 4) is 0 Å². The van der Waals surface area contributed by atoms with Crippen molar-refractivity contribution in [2.24, 2.45) is 0 Å². The van der Waals surface area contributed by atoms with Crippen LogP contribution in [0.4, 0.5) is 5.69 Å². The molecule has 0 N–H and O–H groups in total. The fourth-order valence-corrected chi connectivity index (χ4v) is 2.53.